The zero-order chi connectivity index (χ0) is 19.8. The van der Waals surface area contributed by atoms with Gasteiger partial charge in [-0.1, -0.05) is 42.5 Å². The van der Waals surface area contributed by atoms with Crippen LogP contribution in [0.2, 0.25) is 0 Å². The van der Waals surface area contributed by atoms with Gasteiger partial charge in [-0.05, 0) is 54.1 Å². The molecule has 1 amide bonds. The monoisotopic (exact) mass is 379 g/mol. The smallest absolute Gasteiger partial charge is 0.255 e. The number of rotatable bonds is 3. The molecule has 0 saturated carbocycles. The van der Waals surface area contributed by atoms with E-state index >= 15 is 0 Å². The Hall–Kier alpha value is -4.06. The predicted octanol–water partition coefficient (Wildman–Crippen LogP) is 4.51. The standard InChI is InChI=1S/C23H17N5O/c1-15-25-26-22-12-11-21(27-28(15)22)18-7-4-8-20(14-18)24-23(29)19-10-9-16-5-2-3-6-17(16)13-19/h2-14H,1H3,(H,24,29). The molecule has 2 heterocycles. The zero-order valence-electron chi connectivity index (χ0n) is 15.7. The third-order valence-electron chi connectivity index (χ3n) is 4.85. The summed E-state index contributed by atoms with van der Waals surface area (Å²) in [5.41, 5.74) is 3.71. The van der Waals surface area contributed by atoms with Gasteiger partial charge in [0.2, 0.25) is 0 Å². The van der Waals surface area contributed by atoms with E-state index in [0.717, 1.165) is 27.9 Å². The highest BCUT2D eigenvalue weighted by Crippen LogP contribution is 2.22. The van der Waals surface area contributed by atoms with Crippen LogP contribution in [0.4, 0.5) is 5.69 Å². The van der Waals surface area contributed by atoms with Gasteiger partial charge in [0.1, 0.15) is 0 Å². The summed E-state index contributed by atoms with van der Waals surface area (Å²) in [7, 11) is 0. The molecule has 6 heteroatoms. The Morgan fingerprint density at radius 2 is 1.72 bits per heavy atom. The van der Waals surface area contributed by atoms with E-state index in [-0.39, 0.29) is 5.91 Å². The van der Waals surface area contributed by atoms with E-state index in [1.54, 1.807) is 4.52 Å². The van der Waals surface area contributed by atoms with Gasteiger partial charge in [0, 0.05) is 16.8 Å². The van der Waals surface area contributed by atoms with Crippen molar-refractivity contribution in [2.45, 2.75) is 6.92 Å². The van der Waals surface area contributed by atoms with E-state index in [1.807, 2.05) is 85.8 Å². The Morgan fingerprint density at radius 1 is 0.862 bits per heavy atom. The second-order valence-electron chi connectivity index (χ2n) is 6.83. The Bertz CT molecular complexity index is 1370. The van der Waals surface area contributed by atoms with Crippen molar-refractivity contribution in [3.63, 3.8) is 0 Å². The average Bonchev–Trinajstić information content (AvgIpc) is 3.14. The largest absolute Gasteiger partial charge is 0.322 e. The predicted molar refractivity (Wildman–Crippen MR) is 113 cm³/mol. The molecular weight excluding hydrogens is 362 g/mol. The first-order valence-electron chi connectivity index (χ1n) is 9.27. The topological polar surface area (TPSA) is 72.2 Å². The molecule has 0 aliphatic heterocycles. The van der Waals surface area contributed by atoms with Crippen LogP contribution in [0.25, 0.3) is 27.7 Å². The van der Waals surface area contributed by atoms with Crippen LogP contribution in [-0.2, 0) is 0 Å². The lowest BCUT2D eigenvalue weighted by Crippen LogP contribution is -2.11. The highest BCUT2D eigenvalue weighted by molar-refractivity contribution is 6.06. The first-order valence-corrected chi connectivity index (χ1v) is 9.27. The van der Waals surface area contributed by atoms with Gasteiger partial charge in [0.15, 0.2) is 11.5 Å². The van der Waals surface area contributed by atoms with Gasteiger partial charge in [-0.25, -0.2) is 0 Å². The van der Waals surface area contributed by atoms with E-state index in [4.69, 9.17) is 0 Å². The molecule has 0 radical (unpaired) electrons. The van der Waals surface area contributed by atoms with Crippen LogP contribution >= 0.6 is 0 Å². The molecule has 0 fully saturated rings. The SMILES string of the molecule is Cc1nnc2ccc(-c3cccc(NC(=O)c4ccc5ccccc5c4)c3)nn12. The lowest BCUT2D eigenvalue weighted by Gasteiger charge is -2.08. The van der Waals surface area contributed by atoms with Crippen LogP contribution in [0.5, 0.6) is 0 Å². The average molecular weight is 379 g/mol. The summed E-state index contributed by atoms with van der Waals surface area (Å²) in [5.74, 6) is 0.577. The van der Waals surface area contributed by atoms with Crippen LogP contribution in [0.1, 0.15) is 16.2 Å². The van der Waals surface area contributed by atoms with E-state index in [1.165, 1.54) is 0 Å². The van der Waals surface area contributed by atoms with E-state index in [0.29, 0.717) is 16.9 Å². The zero-order valence-corrected chi connectivity index (χ0v) is 15.7. The number of carbonyl (C=O) groups is 1. The number of hydrogen-bond donors (Lipinski definition) is 1. The number of amides is 1. The van der Waals surface area contributed by atoms with Crippen molar-refractivity contribution in [1.82, 2.24) is 19.8 Å². The molecule has 6 nitrogen and oxygen atoms in total. The minimum absolute atomic E-state index is 0.147. The first kappa shape index (κ1) is 17.1. The Kier molecular flexibility index (Phi) is 4.02. The quantitative estimate of drug-likeness (QED) is 0.501. The van der Waals surface area contributed by atoms with E-state index in [2.05, 4.69) is 20.6 Å². The molecule has 0 aliphatic carbocycles. The number of hydrogen-bond acceptors (Lipinski definition) is 4. The number of aromatic nitrogens is 4. The number of nitrogens with zero attached hydrogens (tertiary/aromatic N) is 4. The summed E-state index contributed by atoms with van der Waals surface area (Å²) in [6.07, 6.45) is 0. The summed E-state index contributed by atoms with van der Waals surface area (Å²) in [6.45, 7) is 1.86. The van der Waals surface area contributed by atoms with E-state index < -0.39 is 0 Å². The maximum atomic E-state index is 12.7. The van der Waals surface area contributed by atoms with Crippen LogP contribution in [-0.4, -0.2) is 25.7 Å². The lowest BCUT2D eigenvalue weighted by atomic mass is 10.1. The molecule has 0 spiro atoms. The Labute approximate surface area is 166 Å². The van der Waals surface area contributed by atoms with Crippen molar-refractivity contribution in [1.29, 1.82) is 0 Å². The molecule has 1 N–H and O–H groups in total. The fourth-order valence-electron chi connectivity index (χ4n) is 3.34. The molecule has 5 rings (SSSR count). The number of fused-ring (bicyclic) bond motifs is 2. The van der Waals surface area contributed by atoms with Gasteiger partial charge in [-0.2, -0.15) is 9.61 Å². The molecular formula is C23H17N5O. The van der Waals surface area contributed by atoms with Crippen molar-refractivity contribution >= 4 is 28.0 Å². The molecule has 29 heavy (non-hydrogen) atoms. The fraction of sp³-hybridized carbons (Fsp3) is 0.0435. The minimum Gasteiger partial charge on any atom is -0.322 e. The second kappa shape index (κ2) is 6.83. The maximum Gasteiger partial charge on any atom is 0.255 e. The summed E-state index contributed by atoms with van der Waals surface area (Å²) in [4.78, 5) is 12.7. The molecule has 140 valence electrons. The first-order chi connectivity index (χ1) is 14.2. The Balaban J connectivity index is 1.44. The van der Waals surface area contributed by atoms with Crippen molar-refractivity contribution in [2.75, 3.05) is 5.32 Å². The highest BCUT2D eigenvalue weighted by Gasteiger charge is 2.09. The minimum atomic E-state index is -0.147. The summed E-state index contributed by atoms with van der Waals surface area (Å²) in [5, 5.41) is 17.8. The molecule has 0 aliphatic rings. The highest BCUT2D eigenvalue weighted by atomic mass is 16.1. The number of nitrogens with one attached hydrogen (secondary N) is 1. The van der Waals surface area contributed by atoms with Crippen LogP contribution in [0.15, 0.2) is 78.9 Å². The number of carbonyl (C=O) groups excluding carboxylic acids is 1. The van der Waals surface area contributed by atoms with Crippen LogP contribution < -0.4 is 5.32 Å². The number of aryl methyl sites for hydroxylation is 1. The van der Waals surface area contributed by atoms with Gasteiger partial charge in [0.05, 0.1) is 5.69 Å². The summed E-state index contributed by atoms with van der Waals surface area (Å²) < 4.78 is 1.70. The lowest BCUT2D eigenvalue weighted by molar-refractivity contribution is 0.102. The van der Waals surface area contributed by atoms with Gasteiger partial charge < -0.3 is 5.32 Å². The molecule has 0 atom stereocenters. The van der Waals surface area contributed by atoms with Crippen LogP contribution in [0, 0.1) is 6.92 Å². The normalized spacial score (nSPS) is 11.1. The van der Waals surface area contributed by atoms with Crippen molar-refractivity contribution < 1.29 is 4.79 Å². The summed E-state index contributed by atoms with van der Waals surface area (Å²) in [6, 6.07) is 25.1. The van der Waals surface area contributed by atoms with Crippen LogP contribution in [0.3, 0.4) is 0 Å². The van der Waals surface area contributed by atoms with Gasteiger partial charge in [0.25, 0.3) is 5.91 Å². The fourth-order valence-corrected chi connectivity index (χ4v) is 3.34. The number of benzene rings is 3. The van der Waals surface area contributed by atoms with Gasteiger partial charge in [-0.15, -0.1) is 10.2 Å². The van der Waals surface area contributed by atoms with Gasteiger partial charge in [-0.3, -0.25) is 4.79 Å². The summed E-state index contributed by atoms with van der Waals surface area (Å²) >= 11 is 0. The van der Waals surface area contributed by atoms with Crippen molar-refractivity contribution in [3.05, 3.63) is 90.3 Å². The third-order valence-corrected chi connectivity index (χ3v) is 4.85. The molecule has 3 aromatic carbocycles. The third kappa shape index (κ3) is 3.21. The molecule has 2 aromatic heterocycles. The molecule has 0 saturated heterocycles. The van der Waals surface area contributed by atoms with E-state index in [9.17, 15) is 4.79 Å². The molecule has 0 unspecified atom stereocenters. The number of anilines is 1. The van der Waals surface area contributed by atoms with Gasteiger partial charge >= 0.3 is 0 Å². The molecule has 5 aromatic rings. The van der Waals surface area contributed by atoms with Crippen molar-refractivity contribution in [3.8, 4) is 11.3 Å². The van der Waals surface area contributed by atoms with Crippen molar-refractivity contribution in [2.24, 2.45) is 0 Å². The molecule has 0 bridgehead atoms. The maximum absolute atomic E-state index is 12.7. The Morgan fingerprint density at radius 3 is 2.62 bits per heavy atom. The second-order valence-corrected chi connectivity index (χ2v) is 6.83.